The lowest BCUT2D eigenvalue weighted by atomic mass is 10.2. The Bertz CT molecular complexity index is 847. The lowest BCUT2D eigenvalue weighted by Gasteiger charge is -2.06. The molecule has 0 radical (unpaired) electrons. The number of hydrogen-bond acceptors (Lipinski definition) is 5. The molecule has 3 rings (SSSR count). The van der Waals surface area contributed by atoms with Crippen LogP contribution < -0.4 is 5.32 Å². The fourth-order valence-corrected chi connectivity index (χ4v) is 2.74. The fourth-order valence-electron chi connectivity index (χ4n) is 1.84. The third kappa shape index (κ3) is 2.63. The number of aromatic nitrogens is 1. The number of aromatic carboxylic acids is 1. The number of halogens is 1. The molecule has 0 saturated heterocycles. The Labute approximate surface area is 122 Å². The number of phenols is 1. The van der Waals surface area contributed by atoms with Gasteiger partial charge in [0.05, 0.1) is 21.5 Å². The van der Waals surface area contributed by atoms with Gasteiger partial charge in [-0.2, -0.15) is 0 Å². The SMILES string of the molecule is O=C(O)c1ccc(O)c(Nc2nc3ccc(F)cc3s2)c1. The van der Waals surface area contributed by atoms with Gasteiger partial charge in [-0.15, -0.1) is 0 Å². The Morgan fingerprint density at radius 3 is 2.81 bits per heavy atom. The van der Waals surface area contributed by atoms with Crippen molar-refractivity contribution in [3.63, 3.8) is 0 Å². The van der Waals surface area contributed by atoms with Gasteiger partial charge in [-0.25, -0.2) is 14.2 Å². The van der Waals surface area contributed by atoms with Crippen molar-refractivity contribution in [3.8, 4) is 5.75 Å². The number of carbonyl (C=O) groups is 1. The largest absolute Gasteiger partial charge is 0.506 e. The second-order valence-corrected chi connectivity index (χ2v) is 5.32. The molecular formula is C14H9FN2O3S. The van der Waals surface area contributed by atoms with Gasteiger partial charge in [0.15, 0.2) is 5.13 Å². The van der Waals surface area contributed by atoms with E-state index in [0.29, 0.717) is 15.3 Å². The zero-order valence-electron chi connectivity index (χ0n) is 10.5. The highest BCUT2D eigenvalue weighted by atomic mass is 32.1. The summed E-state index contributed by atoms with van der Waals surface area (Å²) in [4.78, 5) is 15.2. The van der Waals surface area contributed by atoms with Crippen LogP contribution in [0.5, 0.6) is 5.75 Å². The number of fused-ring (bicyclic) bond motifs is 1. The first kappa shape index (κ1) is 13.3. The van der Waals surface area contributed by atoms with E-state index in [2.05, 4.69) is 10.3 Å². The van der Waals surface area contributed by atoms with Crippen molar-refractivity contribution in [2.75, 3.05) is 5.32 Å². The highest BCUT2D eigenvalue weighted by Crippen LogP contribution is 2.32. The number of carboxylic acid groups (broad SMARTS) is 1. The van der Waals surface area contributed by atoms with Crippen LogP contribution in [0.4, 0.5) is 15.2 Å². The summed E-state index contributed by atoms with van der Waals surface area (Å²) in [5.74, 6) is -1.54. The molecule has 2 aromatic carbocycles. The van der Waals surface area contributed by atoms with Gasteiger partial charge < -0.3 is 15.5 Å². The summed E-state index contributed by atoms with van der Waals surface area (Å²) in [5.41, 5.74) is 0.898. The van der Waals surface area contributed by atoms with E-state index in [9.17, 15) is 14.3 Å². The Morgan fingerprint density at radius 1 is 1.24 bits per heavy atom. The number of aromatic hydroxyl groups is 1. The average Bonchev–Trinajstić information content (AvgIpc) is 2.82. The predicted molar refractivity (Wildman–Crippen MR) is 77.9 cm³/mol. The summed E-state index contributed by atoms with van der Waals surface area (Å²) in [5, 5.41) is 22.0. The normalized spacial score (nSPS) is 10.7. The number of carboxylic acids is 1. The van der Waals surface area contributed by atoms with Gasteiger partial charge in [0.1, 0.15) is 11.6 Å². The number of thiazole rings is 1. The molecule has 5 nitrogen and oxygen atoms in total. The molecule has 1 heterocycles. The molecule has 0 saturated carbocycles. The molecule has 106 valence electrons. The highest BCUT2D eigenvalue weighted by molar-refractivity contribution is 7.22. The molecule has 0 aliphatic carbocycles. The molecule has 0 unspecified atom stereocenters. The summed E-state index contributed by atoms with van der Waals surface area (Å²) in [6.45, 7) is 0. The predicted octanol–water partition coefficient (Wildman–Crippen LogP) is 3.58. The van der Waals surface area contributed by atoms with Gasteiger partial charge in [-0.05, 0) is 36.4 Å². The Balaban J connectivity index is 1.98. The minimum Gasteiger partial charge on any atom is -0.506 e. The average molecular weight is 304 g/mol. The van der Waals surface area contributed by atoms with E-state index in [1.807, 2.05) is 0 Å². The number of benzene rings is 2. The molecule has 0 aliphatic heterocycles. The summed E-state index contributed by atoms with van der Waals surface area (Å²) >= 11 is 1.21. The van der Waals surface area contributed by atoms with Crippen LogP contribution in [0.15, 0.2) is 36.4 Å². The molecule has 7 heteroatoms. The van der Waals surface area contributed by atoms with Crippen LogP contribution in [-0.2, 0) is 0 Å². The first-order valence-electron chi connectivity index (χ1n) is 5.92. The number of nitrogens with one attached hydrogen (secondary N) is 1. The zero-order chi connectivity index (χ0) is 15.0. The first-order valence-corrected chi connectivity index (χ1v) is 6.74. The van der Waals surface area contributed by atoms with E-state index in [-0.39, 0.29) is 22.8 Å². The Morgan fingerprint density at radius 2 is 2.05 bits per heavy atom. The van der Waals surface area contributed by atoms with Crippen LogP contribution in [0.1, 0.15) is 10.4 Å². The molecule has 0 spiro atoms. The lowest BCUT2D eigenvalue weighted by Crippen LogP contribution is -1.98. The van der Waals surface area contributed by atoms with Gasteiger partial charge in [-0.3, -0.25) is 0 Å². The first-order chi connectivity index (χ1) is 10.0. The second kappa shape index (κ2) is 5.02. The molecule has 0 aliphatic rings. The van der Waals surface area contributed by atoms with E-state index in [1.54, 1.807) is 6.07 Å². The molecular weight excluding hydrogens is 295 g/mol. The molecule has 3 aromatic rings. The summed E-state index contributed by atoms with van der Waals surface area (Å²) in [6, 6.07) is 8.14. The van der Waals surface area contributed by atoms with Crippen LogP contribution in [0, 0.1) is 5.82 Å². The van der Waals surface area contributed by atoms with Gasteiger partial charge >= 0.3 is 5.97 Å². The number of phenolic OH excluding ortho intramolecular Hbond substituents is 1. The van der Waals surface area contributed by atoms with Crippen molar-refractivity contribution in [2.24, 2.45) is 0 Å². The quantitative estimate of drug-likeness (QED) is 0.644. The molecule has 0 fully saturated rings. The lowest BCUT2D eigenvalue weighted by molar-refractivity contribution is 0.0697. The molecule has 0 amide bonds. The van der Waals surface area contributed by atoms with E-state index < -0.39 is 5.97 Å². The maximum Gasteiger partial charge on any atom is 0.335 e. The molecule has 1 aromatic heterocycles. The third-order valence-electron chi connectivity index (χ3n) is 2.84. The van der Waals surface area contributed by atoms with Crippen molar-refractivity contribution in [2.45, 2.75) is 0 Å². The Hall–Kier alpha value is -2.67. The maximum atomic E-state index is 13.1. The Kier molecular flexibility index (Phi) is 3.19. The van der Waals surface area contributed by atoms with Crippen LogP contribution in [0.2, 0.25) is 0 Å². The van der Waals surface area contributed by atoms with Crippen LogP contribution in [0.3, 0.4) is 0 Å². The molecule has 0 bridgehead atoms. The minimum absolute atomic E-state index is 0.0439. The van der Waals surface area contributed by atoms with E-state index >= 15 is 0 Å². The second-order valence-electron chi connectivity index (χ2n) is 4.29. The molecule has 21 heavy (non-hydrogen) atoms. The number of hydrogen-bond donors (Lipinski definition) is 3. The van der Waals surface area contributed by atoms with Crippen molar-refractivity contribution in [1.29, 1.82) is 0 Å². The number of rotatable bonds is 3. The van der Waals surface area contributed by atoms with E-state index in [1.165, 1.54) is 41.7 Å². The van der Waals surface area contributed by atoms with Gasteiger partial charge in [-0.1, -0.05) is 11.3 Å². The monoisotopic (exact) mass is 304 g/mol. The highest BCUT2D eigenvalue weighted by Gasteiger charge is 2.10. The van der Waals surface area contributed by atoms with Crippen molar-refractivity contribution in [1.82, 2.24) is 4.98 Å². The van der Waals surface area contributed by atoms with E-state index in [4.69, 9.17) is 5.11 Å². The van der Waals surface area contributed by atoms with Crippen LogP contribution in [0.25, 0.3) is 10.2 Å². The van der Waals surface area contributed by atoms with Gasteiger partial charge in [0, 0.05) is 0 Å². The number of nitrogens with zero attached hydrogens (tertiary/aromatic N) is 1. The molecule has 3 N–H and O–H groups in total. The molecule has 0 atom stereocenters. The van der Waals surface area contributed by atoms with Gasteiger partial charge in [0.2, 0.25) is 0 Å². The standard InChI is InChI=1S/C14H9FN2O3S/c15-8-2-3-9-12(6-8)21-14(16-9)17-10-5-7(13(19)20)1-4-11(10)18/h1-6,18H,(H,16,17)(H,19,20). The van der Waals surface area contributed by atoms with Crippen LogP contribution >= 0.6 is 11.3 Å². The van der Waals surface area contributed by atoms with Gasteiger partial charge in [0.25, 0.3) is 0 Å². The smallest absolute Gasteiger partial charge is 0.335 e. The number of anilines is 2. The van der Waals surface area contributed by atoms with Crippen molar-refractivity contribution < 1.29 is 19.4 Å². The summed E-state index contributed by atoms with van der Waals surface area (Å²) < 4.78 is 13.8. The van der Waals surface area contributed by atoms with Crippen molar-refractivity contribution in [3.05, 3.63) is 47.8 Å². The maximum absolute atomic E-state index is 13.1. The topological polar surface area (TPSA) is 82.5 Å². The van der Waals surface area contributed by atoms with E-state index in [0.717, 1.165) is 0 Å². The summed E-state index contributed by atoms with van der Waals surface area (Å²) in [6.07, 6.45) is 0. The fraction of sp³-hybridized carbons (Fsp3) is 0. The van der Waals surface area contributed by atoms with Crippen LogP contribution in [-0.4, -0.2) is 21.2 Å². The zero-order valence-corrected chi connectivity index (χ0v) is 11.3. The minimum atomic E-state index is -1.09. The third-order valence-corrected chi connectivity index (χ3v) is 3.77. The van der Waals surface area contributed by atoms with Crippen molar-refractivity contribution >= 4 is 38.3 Å². The summed E-state index contributed by atoms with van der Waals surface area (Å²) in [7, 11) is 0.